The molecule has 0 atom stereocenters. The van der Waals surface area contributed by atoms with Crippen molar-refractivity contribution < 1.29 is 19.4 Å². The quantitative estimate of drug-likeness (QED) is 0.597. The molecule has 0 radical (unpaired) electrons. The fourth-order valence-corrected chi connectivity index (χ4v) is 2.59. The van der Waals surface area contributed by atoms with Crippen LogP contribution in [0.25, 0.3) is 6.08 Å². The predicted molar refractivity (Wildman–Crippen MR) is 93.3 cm³/mol. The Morgan fingerprint density at radius 2 is 1.96 bits per heavy atom. The van der Waals surface area contributed by atoms with Crippen LogP contribution < -0.4 is 9.47 Å². The van der Waals surface area contributed by atoms with E-state index in [0.717, 1.165) is 10.0 Å². The van der Waals surface area contributed by atoms with Gasteiger partial charge in [-0.2, -0.15) is 0 Å². The Hall–Kier alpha value is -2.27. The normalized spacial score (nSPS) is 10.7. The van der Waals surface area contributed by atoms with E-state index in [2.05, 4.69) is 15.9 Å². The molecule has 0 aromatic heterocycles. The molecule has 0 heterocycles. The number of hydrogen-bond donors (Lipinski definition) is 1. The molecule has 23 heavy (non-hydrogen) atoms. The standard InChI is InChI=1S/C18H17BrO4/c1-3-23-18-15(19)10-12(11-17(18)22-2)4-9-16(21)13-5-7-14(20)8-6-13/h4-11,20H,3H2,1-2H3/b9-4+. The number of benzene rings is 2. The lowest BCUT2D eigenvalue weighted by atomic mass is 10.1. The summed E-state index contributed by atoms with van der Waals surface area (Å²) in [5.74, 6) is 1.22. The summed E-state index contributed by atoms with van der Waals surface area (Å²) in [4.78, 5) is 12.1. The summed E-state index contributed by atoms with van der Waals surface area (Å²) in [5.41, 5.74) is 1.32. The highest BCUT2D eigenvalue weighted by atomic mass is 79.9. The van der Waals surface area contributed by atoms with Crippen molar-refractivity contribution in [2.75, 3.05) is 13.7 Å². The molecule has 5 heteroatoms. The van der Waals surface area contributed by atoms with Gasteiger partial charge in [0.25, 0.3) is 0 Å². The van der Waals surface area contributed by atoms with E-state index in [1.807, 2.05) is 13.0 Å². The lowest BCUT2D eigenvalue weighted by Crippen LogP contribution is -1.97. The van der Waals surface area contributed by atoms with E-state index in [1.165, 1.54) is 18.2 Å². The highest BCUT2D eigenvalue weighted by Crippen LogP contribution is 2.37. The number of ether oxygens (including phenoxy) is 2. The highest BCUT2D eigenvalue weighted by molar-refractivity contribution is 9.10. The summed E-state index contributed by atoms with van der Waals surface area (Å²) in [6.07, 6.45) is 3.19. The van der Waals surface area contributed by atoms with Gasteiger partial charge in [0, 0.05) is 5.56 Å². The molecule has 0 aliphatic heterocycles. The molecule has 0 saturated carbocycles. The van der Waals surface area contributed by atoms with Crippen molar-refractivity contribution in [2.24, 2.45) is 0 Å². The van der Waals surface area contributed by atoms with E-state index in [0.29, 0.717) is 23.7 Å². The molecule has 0 spiro atoms. The Labute approximate surface area is 143 Å². The van der Waals surface area contributed by atoms with Gasteiger partial charge in [0.2, 0.25) is 0 Å². The van der Waals surface area contributed by atoms with Crippen LogP contribution >= 0.6 is 15.9 Å². The average Bonchev–Trinajstić information content (AvgIpc) is 2.55. The third kappa shape index (κ3) is 4.36. The second kappa shape index (κ2) is 7.83. The van der Waals surface area contributed by atoms with Crippen LogP contribution in [-0.2, 0) is 0 Å². The predicted octanol–water partition coefficient (Wildman–Crippen LogP) is 4.46. The van der Waals surface area contributed by atoms with E-state index < -0.39 is 0 Å². The number of allylic oxidation sites excluding steroid dienone is 1. The lowest BCUT2D eigenvalue weighted by molar-refractivity contribution is 0.104. The molecule has 0 bridgehead atoms. The second-order valence-corrected chi connectivity index (χ2v) is 5.57. The van der Waals surface area contributed by atoms with Crippen LogP contribution in [0.5, 0.6) is 17.2 Å². The smallest absolute Gasteiger partial charge is 0.185 e. The van der Waals surface area contributed by atoms with Crippen LogP contribution in [-0.4, -0.2) is 24.6 Å². The van der Waals surface area contributed by atoms with Crippen molar-refractivity contribution in [3.05, 3.63) is 58.1 Å². The Bertz CT molecular complexity index is 721. The van der Waals surface area contributed by atoms with Gasteiger partial charge in [-0.15, -0.1) is 0 Å². The molecular formula is C18H17BrO4. The first kappa shape index (κ1) is 17.1. The van der Waals surface area contributed by atoms with Crippen LogP contribution in [0.1, 0.15) is 22.8 Å². The van der Waals surface area contributed by atoms with Crippen LogP contribution in [0.3, 0.4) is 0 Å². The molecule has 120 valence electrons. The lowest BCUT2D eigenvalue weighted by Gasteiger charge is -2.12. The van der Waals surface area contributed by atoms with E-state index in [9.17, 15) is 9.90 Å². The van der Waals surface area contributed by atoms with Gasteiger partial charge in [0.15, 0.2) is 17.3 Å². The minimum atomic E-state index is -0.144. The number of halogens is 1. The third-order valence-electron chi connectivity index (χ3n) is 3.12. The minimum Gasteiger partial charge on any atom is -0.508 e. The monoisotopic (exact) mass is 376 g/mol. The summed E-state index contributed by atoms with van der Waals surface area (Å²) in [6.45, 7) is 2.43. The topological polar surface area (TPSA) is 55.8 Å². The Morgan fingerprint density at radius 3 is 2.57 bits per heavy atom. The molecule has 0 unspecified atom stereocenters. The van der Waals surface area contributed by atoms with Crippen molar-refractivity contribution >= 4 is 27.8 Å². The van der Waals surface area contributed by atoms with Crippen molar-refractivity contribution in [3.63, 3.8) is 0 Å². The highest BCUT2D eigenvalue weighted by Gasteiger charge is 2.10. The first-order valence-corrected chi connectivity index (χ1v) is 7.86. The summed E-state index contributed by atoms with van der Waals surface area (Å²) in [5, 5.41) is 9.24. The van der Waals surface area contributed by atoms with Crippen LogP contribution in [0.2, 0.25) is 0 Å². The number of hydrogen-bond acceptors (Lipinski definition) is 4. The Kier molecular flexibility index (Phi) is 5.82. The first-order chi connectivity index (χ1) is 11.0. The maximum Gasteiger partial charge on any atom is 0.185 e. The number of carbonyl (C=O) groups excluding carboxylic acids is 1. The van der Waals surface area contributed by atoms with Gasteiger partial charge in [-0.05, 0) is 70.9 Å². The summed E-state index contributed by atoms with van der Waals surface area (Å²) >= 11 is 3.45. The Balaban J connectivity index is 2.23. The first-order valence-electron chi connectivity index (χ1n) is 7.07. The summed E-state index contributed by atoms with van der Waals surface area (Å²) < 4.78 is 11.6. The van der Waals surface area contributed by atoms with E-state index in [4.69, 9.17) is 9.47 Å². The van der Waals surface area contributed by atoms with Gasteiger partial charge in [-0.3, -0.25) is 4.79 Å². The SMILES string of the molecule is CCOc1c(Br)cc(/C=C/C(=O)c2ccc(O)cc2)cc1OC. The maximum atomic E-state index is 12.1. The number of carbonyl (C=O) groups is 1. The number of phenolic OH excluding ortho intramolecular Hbond substituents is 1. The molecule has 0 amide bonds. The number of methoxy groups -OCH3 is 1. The van der Waals surface area contributed by atoms with Crippen LogP contribution in [0.15, 0.2) is 46.9 Å². The van der Waals surface area contributed by atoms with Crippen LogP contribution in [0.4, 0.5) is 0 Å². The van der Waals surface area contributed by atoms with E-state index >= 15 is 0 Å². The molecule has 4 nitrogen and oxygen atoms in total. The zero-order valence-electron chi connectivity index (χ0n) is 12.9. The molecule has 0 aliphatic carbocycles. The zero-order valence-corrected chi connectivity index (χ0v) is 14.5. The van der Waals surface area contributed by atoms with Gasteiger partial charge in [0.1, 0.15) is 5.75 Å². The van der Waals surface area contributed by atoms with Crippen molar-refractivity contribution in [1.82, 2.24) is 0 Å². The maximum absolute atomic E-state index is 12.1. The average molecular weight is 377 g/mol. The number of aromatic hydroxyl groups is 1. The third-order valence-corrected chi connectivity index (χ3v) is 3.71. The molecule has 2 rings (SSSR count). The molecule has 2 aromatic rings. The van der Waals surface area contributed by atoms with Gasteiger partial charge in [-0.25, -0.2) is 0 Å². The van der Waals surface area contributed by atoms with Crippen LogP contribution in [0, 0.1) is 0 Å². The van der Waals surface area contributed by atoms with Gasteiger partial charge >= 0.3 is 0 Å². The second-order valence-electron chi connectivity index (χ2n) is 4.71. The zero-order chi connectivity index (χ0) is 16.8. The molecular weight excluding hydrogens is 360 g/mol. The van der Waals surface area contributed by atoms with Crippen molar-refractivity contribution in [3.8, 4) is 17.2 Å². The molecule has 1 N–H and O–H groups in total. The Morgan fingerprint density at radius 1 is 1.26 bits per heavy atom. The molecule has 0 aliphatic rings. The molecule has 0 fully saturated rings. The van der Waals surface area contributed by atoms with Crippen molar-refractivity contribution in [1.29, 1.82) is 0 Å². The number of ketones is 1. The molecule has 2 aromatic carbocycles. The number of rotatable bonds is 6. The van der Waals surface area contributed by atoms with Gasteiger partial charge in [0.05, 0.1) is 18.2 Å². The largest absolute Gasteiger partial charge is 0.508 e. The summed E-state index contributed by atoms with van der Waals surface area (Å²) in [6, 6.07) is 9.78. The van der Waals surface area contributed by atoms with Crippen molar-refractivity contribution in [2.45, 2.75) is 6.92 Å². The van der Waals surface area contributed by atoms with E-state index in [1.54, 1.807) is 31.4 Å². The fraction of sp³-hybridized carbons (Fsp3) is 0.167. The minimum absolute atomic E-state index is 0.130. The van der Waals surface area contributed by atoms with Gasteiger partial charge in [-0.1, -0.05) is 6.08 Å². The number of phenols is 1. The molecule has 0 saturated heterocycles. The fourth-order valence-electron chi connectivity index (χ4n) is 2.01. The van der Waals surface area contributed by atoms with E-state index in [-0.39, 0.29) is 11.5 Å². The van der Waals surface area contributed by atoms with Gasteiger partial charge < -0.3 is 14.6 Å². The summed E-state index contributed by atoms with van der Waals surface area (Å²) in [7, 11) is 1.57.